The number of carbonyl (C=O) groups excluding carboxylic acids is 1. The van der Waals surface area contributed by atoms with E-state index in [4.69, 9.17) is 5.26 Å². The SMILES string of the molecule is N#Cc1ccc(NC(=O)c2ccc(Nc3ccccc3Br)nn2)cc1. The first-order valence-corrected chi connectivity index (χ1v) is 8.12. The van der Waals surface area contributed by atoms with Gasteiger partial charge in [-0.05, 0) is 64.5 Å². The predicted octanol–water partition coefficient (Wildman–Crippen LogP) is 4.11. The zero-order valence-electron chi connectivity index (χ0n) is 12.9. The van der Waals surface area contributed by atoms with Crippen LogP contribution >= 0.6 is 15.9 Å². The van der Waals surface area contributed by atoms with Gasteiger partial charge in [-0.1, -0.05) is 12.1 Å². The minimum absolute atomic E-state index is 0.196. The van der Waals surface area contributed by atoms with Gasteiger partial charge in [0.25, 0.3) is 5.91 Å². The Morgan fingerprint density at radius 2 is 1.76 bits per heavy atom. The monoisotopic (exact) mass is 393 g/mol. The van der Waals surface area contributed by atoms with Crippen LogP contribution in [0.1, 0.15) is 16.1 Å². The van der Waals surface area contributed by atoms with Crippen molar-refractivity contribution in [2.24, 2.45) is 0 Å². The first kappa shape index (κ1) is 16.6. The van der Waals surface area contributed by atoms with Crippen LogP contribution in [-0.4, -0.2) is 16.1 Å². The van der Waals surface area contributed by atoms with Crippen molar-refractivity contribution < 1.29 is 4.79 Å². The molecule has 7 heteroatoms. The van der Waals surface area contributed by atoms with E-state index in [1.807, 2.05) is 30.3 Å². The van der Waals surface area contributed by atoms with Gasteiger partial charge in [0, 0.05) is 10.2 Å². The van der Waals surface area contributed by atoms with Crippen molar-refractivity contribution in [1.29, 1.82) is 5.26 Å². The molecule has 0 spiro atoms. The van der Waals surface area contributed by atoms with E-state index < -0.39 is 0 Å². The number of anilines is 3. The molecule has 3 aromatic rings. The lowest BCUT2D eigenvalue weighted by molar-refractivity contribution is 0.102. The van der Waals surface area contributed by atoms with E-state index in [9.17, 15) is 4.79 Å². The van der Waals surface area contributed by atoms with Gasteiger partial charge in [0.1, 0.15) is 0 Å². The van der Waals surface area contributed by atoms with Gasteiger partial charge >= 0.3 is 0 Å². The second-order valence-corrected chi connectivity index (χ2v) is 5.91. The molecule has 0 unspecified atom stereocenters. The number of rotatable bonds is 4. The Labute approximate surface area is 152 Å². The van der Waals surface area contributed by atoms with Crippen LogP contribution in [0.15, 0.2) is 65.1 Å². The van der Waals surface area contributed by atoms with Crippen molar-refractivity contribution in [3.05, 3.63) is 76.4 Å². The molecule has 0 saturated carbocycles. The number of nitrogens with one attached hydrogen (secondary N) is 2. The highest BCUT2D eigenvalue weighted by Gasteiger charge is 2.09. The minimum Gasteiger partial charge on any atom is -0.338 e. The van der Waals surface area contributed by atoms with E-state index in [2.05, 4.69) is 36.8 Å². The fourth-order valence-electron chi connectivity index (χ4n) is 2.04. The molecule has 0 radical (unpaired) electrons. The molecule has 2 N–H and O–H groups in total. The number of hydrogen-bond acceptors (Lipinski definition) is 5. The predicted molar refractivity (Wildman–Crippen MR) is 98.6 cm³/mol. The molecule has 0 aliphatic heterocycles. The maximum Gasteiger partial charge on any atom is 0.276 e. The lowest BCUT2D eigenvalue weighted by atomic mass is 10.2. The highest BCUT2D eigenvalue weighted by Crippen LogP contribution is 2.24. The van der Waals surface area contributed by atoms with Gasteiger partial charge in [0.15, 0.2) is 11.5 Å². The van der Waals surface area contributed by atoms with Crippen LogP contribution in [0, 0.1) is 11.3 Å². The highest BCUT2D eigenvalue weighted by molar-refractivity contribution is 9.10. The van der Waals surface area contributed by atoms with Gasteiger partial charge in [0.05, 0.1) is 17.3 Å². The lowest BCUT2D eigenvalue weighted by Crippen LogP contribution is -2.14. The Morgan fingerprint density at radius 3 is 2.40 bits per heavy atom. The second kappa shape index (κ2) is 7.55. The third-order valence-corrected chi connectivity index (χ3v) is 4.00. The molecule has 0 saturated heterocycles. The average molecular weight is 394 g/mol. The molecule has 25 heavy (non-hydrogen) atoms. The first-order chi connectivity index (χ1) is 12.2. The summed E-state index contributed by atoms with van der Waals surface area (Å²) in [5, 5.41) is 22.6. The molecular weight excluding hydrogens is 382 g/mol. The first-order valence-electron chi connectivity index (χ1n) is 7.32. The molecular formula is C18H12BrN5O. The number of amides is 1. The number of para-hydroxylation sites is 1. The Morgan fingerprint density at radius 1 is 1.00 bits per heavy atom. The number of halogens is 1. The van der Waals surface area contributed by atoms with Gasteiger partial charge in [-0.3, -0.25) is 4.79 Å². The summed E-state index contributed by atoms with van der Waals surface area (Å²) in [5.74, 6) is 0.159. The average Bonchev–Trinajstić information content (AvgIpc) is 2.65. The summed E-state index contributed by atoms with van der Waals surface area (Å²) in [7, 11) is 0. The second-order valence-electron chi connectivity index (χ2n) is 5.05. The number of nitrogens with zero attached hydrogens (tertiary/aromatic N) is 3. The van der Waals surface area contributed by atoms with Gasteiger partial charge in [-0.15, -0.1) is 10.2 Å². The normalized spacial score (nSPS) is 9.92. The van der Waals surface area contributed by atoms with Crippen molar-refractivity contribution >= 4 is 39.0 Å². The number of aromatic nitrogens is 2. The molecule has 6 nitrogen and oxygen atoms in total. The summed E-state index contributed by atoms with van der Waals surface area (Å²) >= 11 is 3.44. The molecule has 0 atom stereocenters. The molecule has 0 aliphatic carbocycles. The molecule has 0 aliphatic rings. The van der Waals surface area contributed by atoms with Crippen molar-refractivity contribution in [2.45, 2.75) is 0 Å². The van der Waals surface area contributed by atoms with Crippen molar-refractivity contribution in [2.75, 3.05) is 10.6 Å². The number of benzene rings is 2. The summed E-state index contributed by atoms with van der Waals surface area (Å²) in [6, 6.07) is 19.5. The van der Waals surface area contributed by atoms with Gasteiger partial charge in [-0.2, -0.15) is 5.26 Å². The Hall–Kier alpha value is -3.24. The molecule has 1 amide bonds. The molecule has 0 fully saturated rings. The number of hydrogen-bond donors (Lipinski definition) is 2. The Kier molecular flexibility index (Phi) is 5.02. The third kappa shape index (κ3) is 4.19. The van der Waals surface area contributed by atoms with Gasteiger partial charge in [-0.25, -0.2) is 0 Å². The summed E-state index contributed by atoms with van der Waals surface area (Å²) in [6.07, 6.45) is 0. The van der Waals surface area contributed by atoms with Crippen LogP contribution in [0.4, 0.5) is 17.2 Å². The van der Waals surface area contributed by atoms with E-state index in [-0.39, 0.29) is 11.6 Å². The van der Waals surface area contributed by atoms with E-state index in [0.29, 0.717) is 17.1 Å². The standard InChI is InChI=1S/C18H12BrN5O/c19-14-3-1-2-4-15(14)22-17-10-9-16(23-24-17)18(25)21-13-7-5-12(11-20)6-8-13/h1-10H,(H,21,25)(H,22,24). The highest BCUT2D eigenvalue weighted by atomic mass is 79.9. The van der Waals surface area contributed by atoms with Crippen molar-refractivity contribution in [3.8, 4) is 6.07 Å². The van der Waals surface area contributed by atoms with Crippen LogP contribution in [-0.2, 0) is 0 Å². The van der Waals surface area contributed by atoms with Gasteiger partial charge in [0.2, 0.25) is 0 Å². The summed E-state index contributed by atoms with van der Waals surface area (Å²) in [6.45, 7) is 0. The van der Waals surface area contributed by atoms with E-state index in [0.717, 1.165) is 10.2 Å². The van der Waals surface area contributed by atoms with E-state index >= 15 is 0 Å². The maximum atomic E-state index is 12.2. The third-order valence-electron chi connectivity index (χ3n) is 3.31. The summed E-state index contributed by atoms with van der Waals surface area (Å²) in [5.41, 5.74) is 2.16. The largest absolute Gasteiger partial charge is 0.338 e. The Balaban J connectivity index is 1.68. The van der Waals surface area contributed by atoms with Crippen molar-refractivity contribution in [3.63, 3.8) is 0 Å². The summed E-state index contributed by atoms with van der Waals surface area (Å²) in [4.78, 5) is 12.2. The summed E-state index contributed by atoms with van der Waals surface area (Å²) < 4.78 is 0.902. The number of nitriles is 1. The zero-order valence-corrected chi connectivity index (χ0v) is 14.5. The van der Waals surface area contributed by atoms with E-state index in [1.54, 1.807) is 36.4 Å². The van der Waals surface area contributed by atoms with Gasteiger partial charge < -0.3 is 10.6 Å². The topological polar surface area (TPSA) is 90.7 Å². The molecule has 1 aromatic heterocycles. The van der Waals surface area contributed by atoms with Crippen LogP contribution in [0.3, 0.4) is 0 Å². The minimum atomic E-state index is -0.371. The van der Waals surface area contributed by atoms with Crippen LogP contribution in [0.25, 0.3) is 0 Å². The number of carbonyl (C=O) groups is 1. The van der Waals surface area contributed by atoms with Crippen LogP contribution in [0.5, 0.6) is 0 Å². The fourth-order valence-corrected chi connectivity index (χ4v) is 2.43. The molecule has 0 bridgehead atoms. The molecule has 122 valence electrons. The zero-order chi connectivity index (χ0) is 17.6. The fraction of sp³-hybridized carbons (Fsp3) is 0. The van der Waals surface area contributed by atoms with Crippen molar-refractivity contribution in [1.82, 2.24) is 10.2 Å². The van der Waals surface area contributed by atoms with Crippen LogP contribution < -0.4 is 10.6 Å². The maximum absolute atomic E-state index is 12.2. The molecule has 3 rings (SSSR count). The quantitative estimate of drug-likeness (QED) is 0.695. The lowest BCUT2D eigenvalue weighted by Gasteiger charge is -2.08. The smallest absolute Gasteiger partial charge is 0.276 e. The Bertz CT molecular complexity index is 933. The molecule has 1 heterocycles. The van der Waals surface area contributed by atoms with Crippen LogP contribution in [0.2, 0.25) is 0 Å². The van der Waals surface area contributed by atoms with E-state index in [1.165, 1.54) is 0 Å². The molecule has 2 aromatic carbocycles.